The van der Waals surface area contributed by atoms with E-state index in [2.05, 4.69) is 22.3 Å². The molecular formula is C15H23N3O. The fourth-order valence-electron chi connectivity index (χ4n) is 2.46. The minimum Gasteiger partial charge on any atom is -0.325 e. The second-order valence-corrected chi connectivity index (χ2v) is 5.14. The Morgan fingerprint density at radius 2 is 1.74 bits per heavy atom. The fourth-order valence-corrected chi connectivity index (χ4v) is 2.46. The van der Waals surface area contributed by atoms with Gasteiger partial charge in [0.15, 0.2) is 0 Å². The van der Waals surface area contributed by atoms with Crippen molar-refractivity contribution in [3.63, 3.8) is 0 Å². The Kier molecular flexibility index (Phi) is 5.36. The molecule has 2 rings (SSSR count). The molecule has 4 heteroatoms. The summed E-state index contributed by atoms with van der Waals surface area (Å²) >= 11 is 0. The lowest BCUT2D eigenvalue weighted by Crippen LogP contribution is -2.24. The maximum absolute atomic E-state index is 11.2. The van der Waals surface area contributed by atoms with Crippen molar-refractivity contribution in [2.45, 2.75) is 32.2 Å². The van der Waals surface area contributed by atoms with Gasteiger partial charge in [0.25, 0.3) is 0 Å². The molecule has 0 atom stereocenters. The van der Waals surface area contributed by atoms with Gasteiger partial charge < -0.3 is 11.1 Å². The van der Waals surface area contributed by atoms with Gasteiger partial charge in [-0.2, -0.15) is 0 Å². The largest absolute Gasteiger partial charge is 0.325 e. The summed E-state index contributed by atoms with van der Waals surface area (Å²) in [5.41, 5.74) is 7.38. The number of amides is 1. The average molecular weight is 261 g/mol. The molecule has 4 nitrogen and oxygen atoms in total. The van der Waals surface area contributed by atoms with Crippen molar-refractivity contribution < 1.29 is 4.79 Å². The van der Waals surface area contributed by atoms with Crippen LogP contribution < -0.4 is 11.1 Å². The highest BCUT2D eigenvalue weighted by atomic mass is 16.1. The summed E-state index contributed by atoms with van der Waals surface area (Å²) in [5.74, 6) is -0.153. The van der Waals surface area contributed by atoms with Crippen LogP contribution >= 0.6 is 0 Å². The van der Waals surface area contributed by atoms with Gasteiger partial charge in [-0.05, 0) is 43.6 Å². The van der Waals surface area contributed by atoms with Crippen LogP contribution in [0.2, 0.25) is 0 Å². The molecule has 1 aliphatic rings. The molecule has 0 radical (unpaired) electrons. The first kappa shape index (κ1) is 14.0. The SMILES string of the molecule is NCC(=O)Nc1ccc(CN2CCCCCC2)cc1. The maximum atomic E-state index is 11.2. The van der Waals surface area contributed by atoms with Crippen molar-refractivity contribution in [2.75, 3.05) is 25.0 Å². The van der Waals surface area contributed by atoms with Crippen LogP contribution in [0.3, 0.4) is 0 Å². The van der Waals surface area contributed by atoms with Crippen molar-refractivity contribution in [1.29, 1.82) is 0 Å². The summed E-state index contributed by atoms with van der Waals surface area (Å²) in [6, 6.07) is 8.05. The topological polar surface area (TPSA) is 58.4 Å². The Bertz CT molecular complexity index is 394. The van der Waals surface area contributed by atoms with Crippen LogP contribution in [-0.2, 0) is 11.3 Å². The Balaban J connectivity index is 1.88. The molecule has 1 amide bonds. The normalized spacial score (nSPS) is 16.9. The number of likely N-dealkylation sites (tertiary alicyclic amines) is 1. The molecule has 0 unspecified atom stereocenters. The zero-order valence-corrected chi connectivity index (χ0v) is 11.4. The van der Waals surface area contributed by atoms with Crippen LogP contribution in [0.1, 0.15) is 31.2 Å². The van der Waals surface area contributed by atoms with E-state index in [9.17, 15) is 4.79 Å². The van der Waals surface area contributed by atoms with Gasteiger partial charge >= 0.3 is 0 Å². The Labute approximate surface area is 115 Å². The van der Waals surface area contributed by atoms with E-state index in [4.69, 9.17) is 5.73 Å². The lowest BCUT2D eigenvalue weighted by Gasteiger charge is -2.19. The highest BCUT2D eigenvalue weighted by molar-refractivity contribution is 5.92. The van der Waals surface area contributed by atoms with Gasteiger partial charge in [0.05, 0.1) is 6.54 Å². The summed E-state index contributed by atoms with van der Waals surface area (Å²) in [6.45, 7) is 3.43. The predicted molar refractivity (Wildman–Crippen MR) is 77.9 cm³/mol. The Hall–Kier alpha value is -1.39. The summed E-state index contributed by atoms with van der Waals surface area (Å²) < 4.78 is 0. The highest BCUT2D eigenvalue weighted by Gasteiger charge is 2.09. The third-order valence-electron chi connectivity index (χ3n) is 3.53. The number of carbonyl (C=O) groups is 1. The molecule has 1 saturated heterocycles. The lowest BCUT2D eigenvalue weighted by atomic mass is 10.2. The molecule has 1 aliphatic heterocycles. The molecule has 0 spiro atoms. The number of rotatable bonds is 4. The third kappa shape index (κ3) is 4.65. The molecule has 0 aliphatic carbocycles. The second kappa shape index (κ2) is 7.26. The summed E-state index contributed by atoms with van der Waals surface area (Å²) in [6.07, 6.45) is 5.34. The van der Waals surface area contributed by atoms with Gasteiger partial charge in [-0.1, -0.05) is 25.0 Å². The van der Waals surface area contributed by atoms with Gasteiger partial charge in [-0.25, -0.2) is 0 Å². The molecule has 1 heterocycles. The first-order chi connectivity index (χ1) is 9.28. The van der Waals surface area contributed by atoms with Crippen LogP contribution in [-0.4, -0.2) is 30.4 Å². The van der Waals surface area contributed by atoms with Gasteiger partial charge in [-0.3, -0.25) is 9.69 Å². The van der Waals surface area contributed by atoms with E-state index in [-0.39, 0.29) is 12.5 Å². The van der Waals surface area contributed by atoms with E-state index < -0.39 is 0 Å². The molecule has 0 bridgehead atoms. The lowest BCUT2D eigenvalue weighted by molar-refractivity contribution is -0.114. The van der Waals surface area contributed by atoms with Crippen LogP contribution in [0.4, 0.5) is 5.69 Å². The smallest absolute Gasteiger partial charge is 0.238 e. The van der Waals surface area contributed by atoms with Crippen molar-refractivity contribution in [3.05, 3.63) is 29.8 Å². The fraction of sp³-hybridized carbons (Fsp3) is 0.533. The number of anilines is 1. The Morgan fingerprint density at radius 3 is 2.32 bits per heavy atom. The molecule has 1 fully saturated rings. The van der Waals surface area contributed by atoms with Crippen LogP contribution in [0, 0.1) is 0 Å². The molecule has 0 saturated carbocycles. The third-order valence-corrected chi connectivity index (χ3v) is 3.53. The van der Waals surface area contributed by atoms with Crippen LogP contribution in [0.5, 0.6) is 0 Å². The van der Waals surface area contributed by atoms with E-state index >= 15 is 0 Å². The van der Waals surface area contributed by atoms with Gasteiger partial charge in [-0.15, -0.1) is 0 Å². The van der Waals surface area contributed by atoms with E-state index in [1.54, 1.807) is 0 Å². The molecule has 104 valence electrons. The monoisotopic (exact) mass is 261 g/mol. The van der Waals surface area contributed by atoms with Gasteiger partial charge in [0.2, 0.25) is 5.91 Å². The number of hydrogen-bond acceptors (Lipinski definition) is 3. The standard InChI is InChI=1S/C15H23N3O/c16-11-15(19)17-14-7-5-13(6-8-14)12-18-9-3-1-2-4-10-18/h5-8H,1-4,9-12,16H2,(H,17,19). The van der Waals surface area contributed by atoms with E-state index in [1.807, 2.05) is 12.1 Å². The molecular weight excluding hydrogens is 238 g/mol. The molecule has 1 aromatic carbocycles. The van der Waals surface area contributed by atoms with E-state index in [0.29, 0.717) is 0 Å². The second-order valence-electron chi connectivity index (χ2n) is 5.14. The number of nitrogens with one attached hydrogen (secondary N) is 1. The van der Waals surface area contributed by atoms with Crippen molar-refractivity contribution in [1.82, 2.24) is 4.90 Å². The number of hydrogen-bond donors (Lipinski definition) is 2. The zero-order valence-electron chi connectivity index (χ0n) is 11.4. The van der Waals surface area contributed by atoms with Gasteiger partial charge in [0, 0.05) is 12.2 Å². The zero-order chi connectivity index (χ0) is 13.5. The summed E-state index contributed by atoms with van der Waals surface area (Å²) in [4.78, 5) is 13.7. The van der Waals surface area contributed by atoms with Crippen molar-refractivity contribution in [3.8, 4) is 0 Å². The number of nitrogens with two attached hydrogens (primary N) is 1. The summed E-state index contributed by atoms with van der Waals surface area (Å²) in [5, 5.41) is 2.75. The summed E-state index contributed by atoms with van der Waals surface area (Å²) in [7, 11) is 0. The number of benzene rings is 1. The minimum atomic E-state index is -0.153. The molecule has 1 aromatic rings. The van der Waals surface area contributed by atoms with E-state index in [1.165, 1.54) is 44.3 Å². The molecule has 3 N–H and O–H groups in total. The quantitative estimate of drug-likeness (QED) is 0.871. The molecule has 19 heavy (non-hydrogen) atoms. The highest BCUT2D eigenvalue weighted by Crippen LogP contribution is 2.15. The Morgan fingerprint density at radius 1 is 1.11 bits per heavy atom. The van der Waals surface area contributed by atoms with Crippen LogP contribution in [0.25, 0.3) is 0 Å². The first-order valence-corrected chi connectivity index (χ1v) is 7.09. The van der Waals surface area contributed by atoms with Crippen molar-refractivity contribution in [2.24, 2.45) is 5.73 Å². The number of nitrogens with zero attached hydrogens (tertiary/aromatic N) is 1. The van der Waals surface area contributed by atoms with E-state index in [0.717, 1.165) is 12.2 Å². The molecule has 0 aromatic heterocycles. The minimum absolute atomic E-state index is 0.0233. The number of carbonyl (C=O) groups excluding carboxylic acids is 1. The maximum Gasteiger partial charge on any atom is 0.238 e. The average Bonchev–Trinajstić information content (AvgIpc) is 2.69. The first-order valence-electron chi connectivity index (χ1n) is 7.09. The predicted octanol–water partition coefficient (Wildman–Crippen LogP) is 1.96. The van der Waals surface area contributed by atoms with Gasteiger partial charge in [0.1, 0.15) is 0 Å². The van der Waals surface area contributed by atoms with Crippen molar-refractivity contribution >= 4 is 11.6 Å². The van der Waals surface area contributed by atoms with Crippen LogP contribution in [0.15, 0.2) is 24.3 Å².